The van der Waals surface area contributed by atoms with Crippen LogP contribution >= 0.6 is 0 Å². The number of aromatic nitrogens is 5. The van der Waals surface area contributed by atoms with Crippen molar-refractivity contribution in [3.8, 4) is 0 Å². The van der Waals surface area contributed by atoms with Crippen molar-refractivity contribution in [2.45, 2.75) is 26.3 Å². The fraction of sp³-hybridized carbons (Fsp3) is 0.412. The van der Waals surface area contributed by atoms with E-state index in [-0.39, 0.29) is 5.56 Å². The minimum absolute atomic E-state index is 0.0677. The predicted octanol–water partition coefficient (Wildman–Crippen LogP) is 1.51. The Balaban J connectivity index is 1.46. The van der Waals surface area contributed by atoms with Crippen LogP contribution in [0.3, 0.4) is 0 Å². The summed E-state index contributed by atoms with van der Waals surface area (Å²) in [7, 11) is 0. The summed E-state index contributed by atoms with van der Waals surface area (Å²) in [5, 5.41) is 4.27. The highest BCUT2D eigenvalue weighted by molar-refractivity contribution is 5.68. The average Bonchev–Trinajstić information content (AvgIpc) is 3.08. The van der Waals surface area contributed by atoms with Crippen LogP contribution in [-0.4, -0.2) is 37.2 Å². The number of nitrogens with zero attached hydrogens (tertiary/aromatic N) is 6. The van der Waals surface area contributed by atoms with Crippen molar-refractivity contribution in [3.05, 3.63) is 53.1 Å². The van der Waals surface area contributed by atoms with Crippen LogP contribution in [0.2, 0.25) is 0 Å². The number of aryl methyl sites for hydroxylation is 1. The first-order valence-electron chi connectivity index (χ1n) is 8.27. The number of piperidine rings is 1. The molecule has 24 heavy (non-hydrogen) atoms. The van der Waals surface area contributed by atoms with Gasteiger partial charge in [-0.25, -0.2) is 14.5 Å². The van der Waals surface area contributed by atoms with Gasteiger partial charge in [0.15, 0.2) is 5.82 Å². The van der Waals surface area contributed by atoms with E-state index < -0.39 is 0 Å². The largest absolute Gasteiger partial charge is 0.355 e. The molecule has 0 N–H and O–H groups in total. The summed E-state index contributed by atoms with van der Waals surface area (Å²) >= 11 is 0. The highest BCUT2D eigenvalue weighted by Gasteiger charge is 2.22. The summed E-state index contributed by atoms with van der Waals surface area (Å²) in [5.41, 5.74) is 1.81. The second-order valence-electron chi connectivity index (χ2n) is 6.38. The maximum atomic E-state index is 12.1. The van der Waals surface area contributed by atoms with Crippen LogP contribution in [-0.2, 0) is 6.54 Å². The summed E-state index contributed by atoms with van der Waals surface area (Å²) in [6.45, 7) is 4.44. The Bertz CT molecular complexity index is 907. The molecular formula is C17H20N6O. The molecule has 0 amide bonds. The molecule has 3 aromatic heterocycles. The molecule has 7 heteroatoms. The van der Waals surface area contributed by atoms with Crippen molar-refractivity contribution >= 4 is 11.3 Å². The Morgan fingerprint density at radius 3 is 2.92 bits per heavy atom. The van der Waals surface area contributed by atoms with Crippen molar-refractivity contribution in [3.63, 3.8) is 0 Å². The molecule has 4 rings (SSSR count). The molecule has 0 aromatic carbocycles. The predicted molar refractivity (Wildman–Crippen MR) is 91.2 cm³/mol. The molecule has 7 nitrogen and oxygen atoms in total. The van der Waals surface area contributed by atoms with Gasteiger partial charge in [-0.3, -0.25) is 9.36 Å². The minimum atomic E-state index is 0.0677. The Hall–Kier alpha value is -2.70. The highest BCUT2D eigenvalue weighted by atomic mass is 16.1. The number of rotatable bonds is 3. The molecule has 0 unspecified atom stereocenters. The summed E-state index contributed by atoms with van der Waals surface area (Å²) in [6.07, 6.45) is 10.8. The van der Waals surface area contributed by atoms with Gasteiger partial charge >= 0.3 is 0 Å². The lowest BCUT2D eigenvalue weighted by Gasteiger charge is -2.33. The second kappa shape index (κ2) is 6.07. The summed E-state index contributed by atoms with van der Waals surface area (Å²) < 4.78 is 3.60. The van der Waals surface area contributed by atoms with Crippen LogP contribution in [0.1, 0.15) is 18.4 Å². The number of hydrogen-bond donors (Lipinski definition) is 0. The molecule has 4 heterocycles. The number of anilines is 1. The van der Waals surface area contributed by atoms with Crippen LogP contribution in [0.15, 0.2) is 42.0 Å². The smallest absolute Gasteiger partial charge is 0.256 e. The Labute approximate surface area is 139 Å². The fourth-order valence-electron chi connectivity index (χ4n) is 3.38. The van der Waals surface area contributed by atoms with Gasteiger partial charge in [-0.2, -0.15) is 5.10 Å². The molecule has 0 bridgehead atoms. The van der Waals surface area contributed by atoms with E-state index in [0.717, 1.165) is 43.8 Å². The van der Waals surface area contributed by atoms with Gasteiger partial charge in [0, 0.05) is 43.8 Å². The zero-order valence-electron chi connectivity index (χ0n) is 13.7. The van der Waals surface area contributed by atoms with Crippen molar-refractivity contribution in [2.75, 3.05) is 18.0 Å². The molecule has 0 spiro atoms. The highest BCUT2D eigenvalue weighted by Crippen LogP contribution is 2.25. The number of hydrogen-bond acceptors (Lipinski definition) is 5. The minimum Gasteiger partial charge on any atom is -0.355 e. The van der Waals surface area contributed by atoms with Gasteiger partial charge in [0.05, 0.1) is 12.5 Å². The van der Waals surface area contributed by atoms with Crippen molar-refractivity contribution in [1.29, 1.82) is 0 Å². The zero-order valence-corrected chi connectivity index (χ0v) is 13.7. The quantitative estimate of drug-likeness (QED) is 0.730. The molecule has 3 aromatic rings. The van der Waals surface area contributed by atoms with Gasteiger partial charge in [0.2, 0.25) is 0 Å². The first-order chi connectivity index (χ1) is 11.7. The Morgan fingerprint density at radius 1 is 1.25 bits per heavy atom. The molecular weight excluding hydrogens is 304 g/mol. The standard InChI is InChI=1S/C17H20N6O/c1-13-10-18-12-22(17(13)24)11-14-3-7-21(8-4-14)16-15-2-5-20-23(15)9-6-19-16/h2,5-6,9-10,12,14H,3-4,7-8,11H2,1H3. The third-order valence-corrected chi connectivity index (χ3v) is 4.75. The van der Waals surface area contributed by atoms with Gasteiger partial charge in [-0.15, -0.1) is 0 Å². The van der Waals surface area contributed by atoms with E-state index in [9.17, 15) is 4.79 Å². The third kappa shape index (κ3) is 2.66. The van der Waals surface area contributed by atoms with E-state index in [4.69, 9.17) is 0 Å². The summed E-state index contributed by atoms with van der Waals surface area (Å²) in [5.74, 6) is 1.48. The maximum Gasteiger partial charge on any atom is 0.256 e. The molecule has 1 aliphatic heterocycles. The SMILES string of the molecule is Cc1cncn(CC2CCN(c3nccn4nccc34)CC2)c1=O. The first-order valence-corrected chi connectivity index (χ1v) is 8.27. The lowest BCUT2D eigenvalue weighted by molar-refractivity contribution is 0.350. The van der Waals surface area contributed by atoms with Gasteiger partial charge in [0.1, 0.15) is 5.52 Å². The summed E-state index contributed by atoms with van der Waals surface area (Å²) in [4.78, 5) is 23.1. The van der Waals surface area contributed by atoms with E-state index in [1.165, 1.54) is 0 Å². The average molecular weight is 324 g/mol. The Kier molecular flexibility index (Phi) is 3.76. The van der Waals surface area contributed by atoms with E-state index in [2.05, 4.69) is 20.0 Å². The van der Waals surface area contributed by atoms with Crippen LogP contribution in [0.25, 0.3) is 5.52 Å². The lowest BCUT2D eigenvalue weighted by atomic mass is 9.96. The maximum absolute atomic E-state index is 12.1. The molecule has 0 saturated carbocycles. The normalized spacial score (nSPS) is 16.0. The van der Waals surface area contributed by atoms with Gasteiger partial charge in [-0.1, -0.05) is 0 Å². The van der Waals surface area contributed by atoms with Crippen molar-refractivity contribution in [1.82, 2.24) is 24.1 Å². The van der Waals surface area contributed by atoms with Gasteiger partial charge < -0.3 is 4.90 Å². The van der Waals surface area contributed by atoms with Crippen LogP contribution in [0.4, 0.5) is 5.82 Å². The van der Waals surface area contributed by atoms with E-state index in [1.807, 2.05) is 23.7 Å². The Morgan fingerprint density at radius 2 is 2.08 bits per heavy atom. The summed E-state index contributed by atoms with van der Waals surface area (Å²) in [6, 6.07) is 1.99. The van der Waals surface area contributed by atoms with Gasteiger partial charge in [-0.05, 0) is 31.7 Å². The molecule has 1 saturated heterocycles. The molecule has 0 atom stereocenters. The second-order valence-corrected chi connectivity index (χ2v) is 6.38. The first kappa shape index (κ1) is 14.9. The zero-order chi connectivity index (χ0) is 16.5. The molecule has 1 aliphatic rings. The monoisotopic (exact) mass is 324 g/mol. The van der Waals surface area contributed by atoms with Crippen LogP contribution in [0.5, 0.6) is 0 Å². The lowest BCUT2D eigenvalue weighted by Crippen LogP contribution is -2.37. The van der Waals surface area contributed by atoms with Crippen molar-refractivity contribution < 1.29 is 0 Å². The molecule has 0 aliphatic carbocycles. The third-order valence-electron chi connectivity index (χ3n) is 4.75. The van der Waals surface area contributed by atoms with Crippen LogP contribution < -0.4 is 10.5 Å². The van der Waals surface area contributed by atoms with Gasteiger partial charge in [0.25, 0.3) is 5.56 Å². The topological polar surface area (TPSA) is 68.3 Å². The molecule has 124 valence electrons. The number of fused-ring (bicyclic) bond motifs is 1. The molecule has 1 fully saturated rings. The van der Waals surface area contributed by atoms with Crippen LogP contribution in [0, 0.1) is 12.8 Å². The van der Waals surface area contributed by atoms with E-state index in [0.29, 0.717) is 11.5 Å². The fourth-order valence-corrected chi connectivity index (χ4v) is 3.38. The van der Waals surface area contributed by atoms with Crippen molar-refractivity contribution in [2.24, 2.45) is 5.92 Å². The van der Waals surface area contributed by atoms with E-state index in [1.54, 1.807) is 29.5 Å². The van der Waals surface area contributed by atoms with E-state index >= 15 is 0 Å². The molecule has 0 radical (unpaired) electrons.